The van der Waals surface area contributed by atoms with E-state index in [4.69, 9.17) is 4.74 Å². The van der Waals surface area contributed by atoms with Gasteiger partial charge in [0.25, 0.3) is 5.69 Å². The maximum atomic E-state index is 13.2. The summed E-state index contributed by atoms with van der Waals surface area (Å²) in [6, 6.07) is 3.08. The molecule has 0 saturated carbocycles. The Morgan fingerprint density at radius 2 is 2.38 bits per heavy atom. The van der Waals surface area contributed by atoms with Crippen molar-refractivity contribution in [3.8, 4) is 0 Å². The predicted molar refractivity (Wildman–Crippen MR) is 86.7 cm³/mol. The molecule has 1 aromatic carbocycles. The van der Waals surface area contributed by atoms with E-state index in [9.17, 15) is 19.3 Å². The zero-order chi connectivity index (χ0) is 17.5. The first-order valence-corrected chi connectivity index (χ1v) is 7.70. The molecule has 0 saturated heterocycles. The third-order valence-electron chi connectivity index (χ3n) is 2.73. The van der Waals surface area contributed by atoms with E-state index < -0.39 is 10.7 Å². The summed E-state index contributed by atoms with van der Waals surface area (Å²) >= 11 is 1.21. The number of carbonyl (C=O) groups excluding carboxylic acids is 1. The monoisotopic (exact) mass is 352 g/mol. The molecule has 0 amide bonds. The van der Waals surface area contributed by atoms with E-state index in [1.807, 2.05) is 0 Å². The minimum Gasteiger partial charge on any atom is -0.466 e. The van der Waals surface area contributed by atoms with Crippen molar-refractivity contribution in [3.05, 3.63) is 50.8 Å². The maximum Gasteiger partial charge on any atom is 0.311 e. The number of nitro benzene ring substituents is 1. The molecule has 2 aromatic rings. The fraction of sp³-hybridized carbons (Fsp3) is 0.214. The van der Waals surface area contributed by atoms with Crippen LogP contribution < -0.4 is 5.43 Å². The number of aromatic nitrogens is 1. The first-order chi connectivity index (χ1) is 11.5. The van der Waals surface area contributed by atoms with Gasteiger partial charge in [0, 0.05) is 11.4 Å². The van der Waals surface area contributed by atoms with Gasteiger partial charge in [0.15, 0.2) is 0 Å². The van der Waals surface area contributed by atoms with Crippen LogP contribution in [0.3, 0.4) is 0 Å². The normalized spacial score (nSPS) is 10.8. The molecule has 1 aromatic heterocycles. The Balaban J connectivity index is 2.02. The van der Waals surface area contributed by atoms with Crippen LogP contribution in [0.2, 0.25) is 0 Å². The predicted octanol–water partition coefficient (Wildman–Crippen LogP) is 2.74. The lowest BCUT2D eigenvalue weighted by Crippen LogP contribution is -2.07. The van der Waals surface area contributed by atoms with Crippen LogP contribution in [0.5, 0.6) is 0 Å². The zero-order valence-electron chi connectivity index (χ0n) is 12.6. The quantitative estimate of drug-likeness (QED) is 0.355. The highest BCUT2D eigenvalue weighted by atomic mass is 32.1. The minimum atomic E-state index is -0.623. The second-order valence-electron chi connectivity index (χ2n) is 4.46. The van der Waals surface area contributed by atoms with E-state index in [1.165, 1.54) is 11.3 Å². The summed E-state index contributed by atoms with van der Waals surface area (Å²) in [7, 11) is 0. The molecule has 0 atom stereocenters. The standard InChI is InChI=1S/C14H13FN4O4S/c1-2-23-13(20)6-11-8-24-14(17-11)18-16-7-9-5-10(15)3-4-12(9)19(21)22/h3-5,7-8H,2,6H2,1H3,(H,17,18). The third-order valence-corrected chi connectivity index (χ3v) is 3.53. The van der Waals surface area contributed by atoms with Gasteiger partial charge in [-0.05, 0) is 19.1 Å². The number of benzene rings is 1. The van der Waals surface area contributed by atoms with E-state index in [1.54, 1.807) is 12.3 Å². The molecule has 0 radical (unpaired) electrons. The Morgan fingerprint density at radius 3 is 3.08 bits per heavy atom. The lowest BCUT2D eigenvalue weighted by molar-refractivity contribution is -0.385. The Kier molecular flexibility index (Phi) is 5.90. The molecule has 0 fully saturated rings. The number of ether oxygens (including phenoxy) is 1. The van der Waals surface area contributed by atoms with Gasteiger partial charge < -0.3 is 4.74 Å². The first kappa shape index (κ1) is 17.5. The molecule has 0 bridgehead atoms. The molecule has 1 heterocycles. The molecular weight excluding hydrogens is 339 g/mol. The lowest BCUT2D eigenvalue weighted by Gasteiger charge is -1.98. The zero-order valence-corrected chi connectivity index (χ0v) is 13.4. The second-order valence-corrected chi connectivity index (χ2v) is 5.31. The SMILES string of the molecule is CCOC(=O)Cc1csc(NN=Cc2cc(F)ccc2[N+](=O)[O-])n1. The molecule has 0 aliphatic heterocycles. The number of anilines is 1. The first-order valence-electron chi connectivity index (χ1n) is 6.82. The average Bonchev–Trinajstić information content (AvgIpc) is 2.94. The van der Waals surface area contributed by atoms with Gasteiger partial charge in [-0.3, -0.25) is 20.3 Å². The van der Waals surface area contributed by atoms with Crippen LogP contribution in [0.4, 0.5) is 15.2 Å². The number of nitro groups is 1. The maximum absolute atomic E-state index is 13.2. The van der Waals surface area contributed by atoms with Crippen LogP contribution in [0.1, 0.15) is 18.2 Å². The Bertz CT molecular complexity index is 778. The van der Waals surface area contributed by atoms with Crippen LogP contribution in [-0.2, 0) is 16.0 Å². The largest absolute Gasteiger partial charge is 0.466 e. The summed E-state index contributed by atoms with van der Waals surface area (Å²) in [4.78, 5) is 25.7. The molecule has 126 valence electrons. The number of hydrogen-bond donors (Lipinski definition) is 1. The fourth-order valence-corrected chi connectivity index (χ4v) is 2.41. The second kappa shape index (κ2) is 8.11. The lowest BCUT2D eigenvalue weighted by atomic mass is 10.2. The molecule has 0 spiro atoms. The van der Waals surface area contributed by atoms with E-state index in [-0.39, 0.29) is 23.6 Å². The van der Waals surface area contributed by atoms with Gasteiger partial charge in [0.05, 0.1) is 35.4 Å². The third kappa shape index (κ3) is 4.81. The number of esters is 1. The van der Waals surface area contributed by atoms with Crippen molar-refractivity contribution in [1.29, 1.82) is 0 Å². The summed E-state index contributed by atoms with van der Waals surface area (Å²) in [5.41, 5.74) is 2.87. The number of thiazole rings is 1. The summed E-state index contributed by atoms with van der Waals surface area (Å²) in [5, 5.41) is 16.7. The van der Waals surface area contributed by atoms with Crippen LogP contribution in [0, 0.1) is 15.9 Å². The molecule has 2 rings (SSSR count). The summed E-state index contributed by atoms with van der Waals surface area (Å²) in [6.07, 6.45) is 1.18. The molecule has 1 N–H and O–H groups in total. The van der Waals surface area contributed by atoms with Gasteiger partial charge in [0.2, 0.25) is 5.13 Å². The highest BCUT2D eigenvalue weighted by molar-refractivity contribution is 7.13. The Morgan fingerprint density at radius 1 is 1.58 bits per heavy atom. The van der Waals surface area contributed by atoms with Gasteiger partial charge in [0.1, 0.15) is 5.82 Å². The molecule has 10 heteroatoms. The number of halogens is 1. The van der Waals surface area contributed by atoms with Crippen molar-refractivity contribution in [2.75, 3.05) is 12.0 Å². The Labute approximate surface area is 140 Å². The fourth-order valence-electron chi connectivity index (χ4n) is 1.75. The average molecular weight is 352 g/mol. The summed E-state index contributed by atoms with van der Waals surface area (Å²) in [5.74, 6) is -0.985. The van der Waals surface area contributed by atoms with Gasteiger partial charge in [-0.25, -0.2) is 9.37 Å². The minimum absolute atomic E-state index is 0.0239. The number of rotatable bonds is 7. The van der Waals surface area contributed by atoms with E-state index in [0.29, 0.717) is 17.4 Å². The summed E-state index contributed by atoms with van der Waals surface area (Å²) in [6.45, 7) is 2.01. The smallest absolute Gasteiger partial charge is 0.311 e. The molecule has 0 aliphatic rings. The number of nitrogens with zero attached hydrogens (tertiary/aromatic N) is 3. The van der Waals surface area contributed by atoms with E-state index in [0.717, 1.165) is 24.4 Å². The van der Waals surface area contributed by atoms with Crippen LogP contribution in [0.15, 0.2) is 28.7 Å². The number of hydrogen-bond acceptors (Lipinski definition) is 8. The van der Waals surface area contributed by atoms with Crippen molar-refractivity contribution >= 4 is 34.3 Å². The molecular formula is C14H13FN4O4S. The molecule has 24 heavy (non-hydrogen) atoms. The van der Waals surface area contributed by atoms with Crippen molar-refractivity contribution in [2.24, 2.45) is 5.10 Å². The van der Waals surface area contributed by atoms with Crippen molar-refractivity contribution < 1.29 is 18.8 Å². The van der Waals surface area contributed by atoms with Crippen LogP contribution in [0.25, 0.3) is 0 Å². The van der Waals surface area contributed by atoms with E-state index in [2.05, 4.69) is 15.5 Å². The molecule has 0 unspecified atom stereocenters. The highest BCUT2D eigenvalue weighted by Crippen LogP contribution is 2.19. The van der Waals surface area contributed by atoms with Crippen molar-refractivity contribution in [3.63, 3.8) is 0 Å². The summed E-state index contributed by atoms with van der Waals surface area (Å²) < 4.78 is 18.0. The number of hydrazone groups is 1. The van der Waals surface area contributed by atoms with Gasteiger partial charge in [-0.2, -0.15) is 5.10 Å². The number of carbonyl (C=O) groups is 1. The van der Waals surface area contributed by atoms with Crippen LogP contribution in [-0.4, -0.2) is 28.7 Å². The highest BCUT2D eigenvalue weighted by Gasteiger charge is 2.13. The Hall–Kier alpha value is -2.88. The van der Waals surface area contributed by atoms with Crippen molar-refractivity contribution in [2.45, 2.75) is 13.3 Å². The van der Waals surface area contributed by atoms with Gasteiger partial charge in [-0.1, -0.05) is 0 Å². The topological polar surface area (TPSA) is 107 Å². The number of nitrogens with one attached hydrogen (secondary N) is 1. The van der Waals surface area contributed by atoms with Gasteiger partial charge in [-0.15, -0.1) is 11.3 Å². The molecule has 0 aliphatic carbocycles. The van der Waals surface area contributed by atoms with Crippen LogP contribution >= 0.6 is 11.3 Å². The van der Waals surface area contributed by atoms with Crippen molar-refractivity contribution in [1.82, 2.24) is 4.98 Å². The molecule has 8 nitrogen and oxygen atoms in total. The van der Waals surface area contributed by atoms with Gasteiger partial charge >= 0.3 is 5.97 Å². The van der Waals surface area contributed by atoms with E-state index >= 15 is 0 Å².